The van der Waals surface area contributed by atoms with E-state index in [9.17, 15) is 0 Å². The van der Waals surface area contributed by atoms with Crippen LogP contribution >= 0.6 is 0 Å². The molecule has 0 unspecified atom stereocenters. The van der Waals surface area contributed by atoms with Crippen LogP contribution in [0.4, 0.5) is 0 Å². The predicted octanol–water partition coefficient (Wildman–Crippen LogP) is 10.2. The van der Waals surface area contributed by atoms with Crippen molar-refractivity contribution in [1.29, 1.82) is 0 Å². The van der Waals surface area contributed by atoms with Gasteiger partial charge in [0.05, 0.1) is 27.6 Å². The number of aromatic nitrogens is 6. The molecule has 0 N–H and O–H groups in total. The van der Waals surface area contributed by atoms with E-state index in [4.69, 9.17) is 24.4 Å². The largest absolute Gasteiger partial charge is 0.452 e. The third-order valence-electron chi connectivity index (χ3n) is 9.60. The Morgan fingerprint density at radius 1 is 0.490 bits per heavy atom. The number of nitrogens with zero attached hydrogens (tertiary/aromatic N) is 6. The lowest BCUT2D eigenvalue weighted by Crippen LogP contribution is -2.03. The molecule has 49 heavy (non-hydrogen) atoms. The second-order valence-electron chi connectivity index (χ2n) is 12.3. The van der Waals surface area contributed by atoms with E-state index in [0.717, 1.165) is 82.3 Å². The van der Waals surface area contributed by atoms with Gasteiger partial charge in [-0.05, 0) is 36.4 Å². The van der Waals surface area contributed by atoms with Crippen LogP contribution in [0.5, 0.6) is 0 Å². The molecule has 0 saturated carbocycles. The van der Waals surface area contributed by atoms with Gasteiger partial charge in [0.15, 0.2) is 5.58 Å². The Kier molecular flexibility index (Phi) is 5.26. The second-order valence-corrected chi connectivity index (χ2v) is 12.3. The van der Waals surface area contributed by atoms with Gasteiger partial charge in [0.2, 0.25) is 11.9 Å². The van der Waals surface area contributed by atoms with E-state index in [1.807, 2.05) is 66.9 Å². The fourth-order valence-electron chi connectivity index (χ4n) is 7.47. The van der Waals surface area contributed by atoms with E-state index >= 15 is 0 Å². The van der Waals surface area contributed by atoms with Gasteiger partial charge >= 0.3 is 0 Å². The summed E-state index contributed by atoms with van der Waals surface area (Å²) in [6.45, 7) is 0. The molecule has 0 spiro atoms. The van der Waals surface area contributed by atoms with E-state index in [1.54, 1.807) is 0 Å². The maximum Gasteiger partial charge on any atom is 0.236 e. The number of para-hydroxylation sites is 4. The molecule has 11 rings (SSSR count). The molecular formula is C42H24N6O. The maximum absolute atomic E-state index is 6.42. The van der Waals surface area contributed by atoms with Crippen LogP contribution in [-0.2, 0) is 0 Å². The van der Waals surface area contributed by atoms with Crippen LogP contribution in [0.15, 0.2) is 150 Å². The zero-order chi connectivity index (χ0) is 32.1. The van der Waals surface area contributed by atoms with E-state index in [-0.39, 0.29) is 0 Å². The summed E-state index contributed by atoms with van der Waals surface area (Å²) in [6, 6.07) is 47.7. The number of rotatable bonds is 3. The molecule has 0 aliphatic heterocycles. The highest BCUT2D eigenvalue weighted by atomic mass is 16.3. The van der Waals surface area contributed by atoms with Crippen LogP contribution in [0.25, 0.3) is 99.7 Å². The zero-order valence-corrected chi connectivity index (χ0v) is 25.9. The summed E-state index contributed by atoms with van der Waals surface area (Å²) in [7, 11) is 0. The molecule has 6 aromatic carbocycles. The summed E-state index contributed by atoms with van der Waals surface area (Å²) in [5.74, 6) is 1.20. The fourth-order valence-corrected chi connectivity index (χ4v) is 7.47. The van der Waals surface area contributed by atoms with Crippen LogP contribution < -0.4 is 0 Å². The van der Waals surface area contributed by atoms with E-state index < -0.39 is 0 Å². The van der Waals surface area contributed by atoms with E-state index in [2.05, 4.69) is 88.0 Å². The van der Waals surface area contributed by atoms with Crippen molar-refractivity contribution in [2.24, 2.45) is 0 Å². The Hall–Kier alpha value is -6.86. The molecule has 0 bridgehead atoms. The van der Waals surface area contributed by atoms with Crippen LogP contribution in [-0.4, -0.2) is 29.1 Å². The van der Waals surface area contributed by atoms with Crippen molar-refractivity contribution in [3.05, 3.63) is 146 Å². The van der Waals surface area contributed by atoms with Crippen LogP contribution in [0.2, 0.25) is 0 Å². The average Bonchev–Trinajstić information content (AvgIpc) is 3.82. The Bertz CT molecular complexity index is 3120. The number of fused-ring (bicyclic) bond motifs is 11. The van der Waals surface area contributed by atoms with Gasteiger partial charge < -0.3 is 4.42 Å². The smallest absolute Gasteiger partial charge is 0.236 e. The van der Waals surface area contributed by atoms with Gasteiger partial charge in [-0.15, -0.1) is 0 Å². The second kappa shape index (κ2) is 9.82. The molecule has 7 heteroatoms. The van der Waals surface area contributed by atoms with Gasteiger partial charge in [0, 0.05) is 44.1 Å². The van der Waals surface area contributed by atoms with Crippen molar-refractivity contribution in [3.63, 3.8) is 0 Å². The van der Waals surface area contributed by atoms with Crippen LogP contribution in [0.1, 0.15) is 0 Å². The Labute approximate surface area is 278 Å². The Morgan fingerprint density at radius 2 is 1.20 bits per heavy atom. The van der Waals surface area contributed by atoms with Crippen molar-refractivity contribution in [1.82, 2.24) is 29.1 Å². The van der Waals surface area contributed by atoms with Crippen molar-refractivity contribution in [3.8, 4) is 23.2 Å². The number of hydrogen-bond donors (Lipinski definition) is 0. The third-order valence-corrected chi connectivity index (χ3v) is 9.60. The molecular weight excluding hydrogens is 605 g/mol. The van der Waals surface area contributed by atoms with Crippen LogP contribution in [0, 0.1) is 0 Å². The zero-order valence-electron chi connectivity index (χ0n) is 25.9. The molecule has 11 aromatic rings. The van der Waals surface area contributed by atoms with Crippen molar-refractivity contribution < 1.29 is 4.42 Å². The monoisotopic (exact) mass is 628 g/mol. The van der Waals surface area contributed by atoms with E-state index in [1.165, 1.54) is 0 Å². The number of hydrogen-bond acceptors (Lipinski definition) is 5. The van der Waals surface area contributed by atoms with Crippen molar-refractivity contribution in [2.75, 3.05) is 0 Å². The van der Waals surface area contributed by atoms with Gasteiger partial charge in [0.25, 0.3) is 0 Å². The molecule has 0 aliphatic carbocycles. The highest BCUT2D eigenvalue weighted by Crippen LogP contribution is 2.42. The van der Waals surface area contributed by atoms with Crippen LogP contribution in [0.3, 0.4) is 0 Å². The normalized spacial score (nSPS) is 12.1. The third kappa shape index (κ3) is 3.66. The number of furan rings is 1. The first kappa shape index (κ1) is 26.2. The highest BCUT2D eigenvalue weighted by Gasteiger charge is 2.24. The molecule has 7 nitrogen and oxygen atoms in total. The average molecular weight is 629 g/mol. The van der Waals surface area contributed by atoms with Crippen molar-refractivity contribution in [2.45, 2.75) is 0 Å². The van der Waals surface area contributed by atoms with E-state index in [0.29, 0.717) is 17.5 Å². The number of benzene rings is 6. The first-order chi connectivity index (χ1) is 24.3. The molecule has 5 heterocycles. The molecule has 5 aromatic heterocycles. The maximum atomic E-state index is 6.42. The van der Waals surface area contributed by atoms with Gasteiger partial charge in [-0.3, -0.25) is 9.13 Å². The molecule has 0 atom stereocenters. The molecule has 228 valence electrons. The first-order valence-corrected chi connectivity index (χ1v) is 16.2. The lowest BCUT2D eigenvalue weighted by atomic mass is 10.1. The lowest BCUT2D eigenvalue weighted by molar-refractivity contribution is 0.666. The quantitative estimate of drug-likeness (QED) is 0.195. The minimum absolute atomic E-state index is 0.577. The standard InChI is InChI=1S/C42H24N6O/c1-2-12-25(13-3-1)37-40-38(30-17-7-11-21-35(30)49-40)46-42(45-37)47-33-20-10-6-16-29(33)36-34(47)23-22-28-27-15-5-9-19-32(27)48(39(28)36)41-43-24-26-14-4-8-18-31(26)44-41/h1-24H. The highest BCUT2D eigenvalue weighted by molar-refractivity contribution is 6.26. The lowest BCUT2D eigenvalue weighted by Gasteiger charge is -2.10. The fraction of sp³-hybridized carbons (Fsp3) is 0. The molecule has 0 saturated heterocycles. The predicted molar refractivity (Wildman–Crippen MR) is 197 cm³/mol. The summed E-state index contributed by atoms with van der Waals surface area (Å²) < 4.78 is 10.8. The molecule has 0 radical (unpaired) electrons. The van der Waals surface area contributed by atoms with Gasteiger partial charge in [-0.1, -0.05) is 103 Å². The minimum Gasteiger partial charge on any atom is -0.452 e. The first-order valence-electron chi connectivity index (χ1n) is 16.2. The summed E-state index contributed by atoms with van der Waals surface area (Å²) in [4.78, 5) is 20.5. The Morgan fingerprint density at radius 3 is 2.08 bits per heavy atom. The van der Waals surface area contributed by atoms with Gasteiger partial charge in [-0.25, -0.2) is 19.9 Å². The topological polar surface area (TPSA) is 74.6 Å². The van der Waals surface area contributed by atoms with Crippen molar-refractivity contribution >= 4 is 76.6 Å². The molecule has 0 aliphatic rings. The minimum atomic E-state index is 0.577. The van der Waals surface area contributed by atoms with Gasteiger partial charge in [0.1, 0.15) is 16.8 Å². The van der Waals surface area contributed by atoms with Gasteiger partial charge in [-0.2, -0.15) is 0 Å². The summed E-state index contributed by atoms with van der Waals surface area (Å²) in [5, 5.41) is 6.40. The SMILES string of the molecule is c1ccc(-c2nc(-n3c4ccccc4c4c3ccc3c5ccccc5n(-c5ncc6ccccc6n5)c34)nc3c2oc2ccccc23)cc1. The molecule has 0 amide bonds. The Balaban J connectivity index is 1.30. The summed E-state index contributed by atoms with van der Waals surface area (Å²) in [5.41, 5.74) is 8.94. The summed E-state index contributed by atoms with van der Waals surface area (Å²) in [6.07, 6.45) is 1.91. The summed E-state index contributed by atoms with van der Waals surface area (Å²) >= 11 is 0. The molecule has 0 fully saturated rings.